The molecule has 1 saturated carbocycles. The predicted octanol–water partition coefficient (Wildman–Crippen LogP) is 2.45. The van der Waals surface area contributed by atoms with E-state index in [0.29, 0.717) is 12.6 Å². The van der Waals surface area contributed by atoms with E-state index >= 15 is 0 Å². The molecular formula is C16H26FIN4. The van der Waals surface area contributed by atoms with Crippen LogP contribution in [-0.2, 0) is 6.54 Å². The number of nitrogens with one attached hydrogen (secondary N) is 2. The summed E-state index contributed by atoms with van der Waals surface area (Å²) < 4.78 is 12.9. The molecule has 0 aliphatic heterocycles. The molecule has 0 bridgehead atoms. The molecule has 0 amide bonds. The number of aliphatic imine (C=N–C) groups is 1. The largest absolute Gasteiger partial charge is 0.355 e. The predicted molar refractivity (Wildman–Crippen MR) is 100 cm³/mol. The normalized spacial score (nSPS) is 16.1. The van der Waals surface area contributed by atoms with Crippen molar-refractivity contribution in [2.24, 2.45) is 10.9 Å². The Morgan fingerprint density at radius 2 is 1.91 bits per heavy atom. The first-order valence-electron chi connectivity index (χ1n) is 7.45. The first-order valence-corrected chi connectivity index (χ1v) is 7.45. The summed E-state index contributed by atoms with van der Waals surface area (Å²) in [6.07, 6.45) is 2.65. The Morgan fingerprint density at radius 3 is 2.41 bits per heavy atom. The summed E-state index contributed by atoms with van der Waals surface area (Å²) in [5.41, 5.74) is 1.03. The molecule has 0 heterocycles. The van der Waals surface area contributed by atoms with Gasteiger partial charge in [0.15, 0.2) is 5.96 Å². The molecule has 1 aromatic carbocycles. The SMILES string of the molecule is CN=C(NCc1ccc(F)cc1)NCC(C1CC1)N(C)C.I. The van der Waals surface area contributed by atoms with Crippen molar-refractivity contribution < 1.29 is 4.39 Å². The Bertz CT molecular complexity index is 470. The van der Waals surface area contributed by atoms with Crippen molar-refractivity contribution in [2.75, 3.05) is 27.7 Å². The molecule has 1 atom stereocenters. The molecule has 0 spiro atoms. The number of likely N-dealkylation sites (N-methyl/N-ethyl adjacent to an activating group) is 1. The molecular weight excluding hydrogens is 394 g/mol. The van der Waals surface area contributed by atoms with Crippen LogP contribution in [0.3, 0.4) is 0 Å². The minimum atomic E-state index is -0.209. The highest BCUT2D eigenvalue weighted by Gasteiger charge is 2.32. The number of nitrogens with zero attached hydrogens (tertiary/aromatic N) is 2. The third-order valence-electron chi connectivity index (χ3n) is 3.90. The van der Waals surface area contributed by atoms with Gasteiger partial charge >= 0.3 is 0 Å². The minimum absolute atomic E-state index is 0. The Kier molecular flexibility index (Phi) is 8.09. The van der Waals surface area contributed by atoms with Gasteiger partial charge in [-0.3, -0.25) is 4.99 Å². The van der Waals surface area contributed by atoms with E-state index < -0.39 is 0 Å². The molecule has 1 unspecified atom stereocenters. The Balaban J connectivity index is 0.00000242. The number of guanidine groups is 1. The highest BCUT2D eigenvalue weighted by atomic mass is 127. The second kappa shape index (κ2) is 9.29. The Hall–Kier alpha value is -0.890. The van der Waals surface area contributed by atoms with Crippen LogP contribution in [0.2, 0.25) is 0 Å². The fraction of sp³-hybridized carbons (Fsp3) is 0.562. The van der Waals surface area contributed by atoms with Gasteiger partial charge in [0, 0.05) is 26.2 Å². The summed E-state index contributed by atoms with van der Waals surface area (Å²) in [4.78, 5) is 6.51. The number of hydrogen-bond acceptors (Lipinski definition) is 2. The van der Waals surface area contributed by atoms with Crippen molar-refractivity contribution in [3.63, 3.8) is 0 Å². The zero-order valence-electron chi connectivity index (χ0n) is 13.5. The van der Waals surface area contributed by atoms with E-state index in [-0.39, 0.29) is 29.8 Å². The lowest BCUT2D eigenvalue weighted by atomic mass is 10.1. The lowest BCUT2D eigenvalue weighted by Gasteiger charge is -2.25. The van der Waals surface area contributed by atoms with Crippen LogP contribution in [0.15, 0.2) is 29.3 Å². The van der Waals surface area contributed by atoms with Crippen molar-refractivity contribution in [1.29, 1.82) is 0 Å². The maximum Gasteiger partial charge on any atom is 0.191 e. The third kappa shape index (κ3) is 6.08. The van der Waals surface area contributed by atoms with Crippen molar-refractivity contribution in [2.45, 2.75) is 25.4 Å². The van der Waals surface area contributed by atoms with E-state index in [1.54, 1.807) is 19.2 Å². The van der Waals surface area contributed by atoms with Gasteiger partial charge in [0.25, 0.3) is 0 Å². The van der Waals surface area contributed by atoms with Gasteiger partial charge in [0.2, 0.25) is 0 Å². The van der Waals surface area contributed by atoms with Gasteiger partial charge in [0.05, 0.1) is 0 Å². The summed E-state index contributed by atoms with van der Waals surface area (Å²) in [6, 6.07) is 7.06. The molecule has 1 fully saturated rings. The molecule has 2 N–H and O–H groups in total. The number of rotatable bonds is 6. The van der Waals surface area contributed by atoms with Gasteiger partial charge in [-0.25, -0.2) is 4.39 Å². The van der Waals surface area contributed by atoms with Gasteiger partial charge in [0.1, 0.15) is 5.82 Å². The van der Waals surface area contributed by atoms with Crippen molar-refractivity contribution in [1.82, 2.24) is 15.5 Å². The van der Waals surface area contributed by atoms with Gasteiger partial charge in [-0.2, -0.15) is 0 Å². The highest BCUT2D eigenvalue weighted by molar-refractivity contribution is 14.0. The van der Waals surface area contributed by atoms with Crippen LogP contribution in [0, 0.1) is 11.7 Å². The van der Waals surface area contributed by atoms with Crippen molar-refractivity contribution in [3.05, 3.63) is 35.6 Å². The molecule has 1 aromatic rings. The maximum atomic E-state index is 12.9. The fourth-order valence-electron chi connectivity index (χ4n) is 2.46. The zero-order chi connectivity index (χ0) is 15.2. The van der Waals surface area contributed by atoms with Crippen molar-refractivity contribution >= 4 is 29.9 Å². The van der Waals surface area contributed by atoms with E-state index in [1.807, 2.05) is 0 Å². The second-order valence-corrected chi connectivity index (χ2v) is 5.80. The molecule has 124 valence electrons. The number of halogens is 2. The molecule has 1 aliphatic carbocycles. The summed E-state index contributed by atoms with van der Waals surface area (Å²) >= 11 is 0. The van der Waals surface area contributed by atoms with E-state index in [0.717, 1.165) is 24.0 Å². The quantitative estimate of drug-likeness (QED) is 0.422. The Labute approximate surface area is 149 Å². The van der Waals surface area contributed by atoms with E-state index in [4.69, 9.17) is 0 Å². The summed E-state index contributed by atoms with van der Waals surface area (Å²) in [5, 5.41) is 6.63. The van der Waals surface area contributed by atoms with Crippen LogP contribution in [0.1, 0.15) is 18.4 Å². The number of hydrogen-bond donors (Lipinski definition) is 2. The Morgan fingerprint density at radius 1 is 1.27 bits per heavy atom. The second-order valence-electron chi connectivity index (χ2n) is 5.80. The van der Waals surface area contributed by atoms with Crippen molar-refractivity contribution in [3.8, 4) is 0 Å². The molecule has 6 heteroatoms. The average Bonchev–Trinajstić information content (AvgIpc) is 3.28. The summed E-state index contributed by atoms with van der Waals surface area (Å²) in [6.45, 7) is 1.52. The first-order chi connectivity index (χ1) is 10.1. The van der Waals surface area contributed by atoms with Crippen LogP contribution in [0.25, 0.3) is 0 Å². The maximum absolute atomic E-state index is 12.9. The van der Waals surface area contributed by atoms with Crippen LogP contribution >= 0.6 is 24.0 Å². The van der Waals surface area contributed by atoms with Crippen LogP contribution in [0.4, 0.5) is 4.39 Å². The molecule has 0 aromatic heterocycles. The van der Waals surface area contributed by atoms with Crippen LogP contribution < -0.4 is 10.6 Å². The van der Waals surface area contributed by atoms with Gasteiger partial charge in [-0.15, -0.1) is 24.0 Å². The third-order valence-corrected chi connectivity index (χ3v) is 3.90. The minimum Gasteiger partial charge on any atom is -0.355 e. The molecule has 22 heavy (non-hydrogen) atoms. The van der Waals surface area contributed by atoms with Gasteiger partial charge in [-0.1, -0.05) is 12.1 Å². The standard InChI is InChI=1S/C16H25FN4.HI/c1-18-16(19-10-12-4-8-14(17)9-5-12)20-11-15(21(2)3)13-6-7-13;/h4-5,8-9,13,15H,6-7,10-11H2,1-3H3,(H2,18,19,20);1H. The van der Waals surface area contributed by atoms with E-state index in [2.05, 4.69) is 34.6 Å². The molecule has 2 rings (SSSR count). The summed E-state index contributed by atoms with van der Waals surface area (Å²) in [5.74, 6) is 1.38. The summed E-state index contributed by atoms with van der Waals surface area (Å²) in [7, 11) is 6.01. The molecule has 0 radical (unpaired) electrons. The molecule has 4 nitrogen and oxygen atoms in total. The lowest BCUT2D eigenvalue weighted by molar-refractivity contribution is 0.264. The lowest BCUT2D eigenvalue weighted by Crippen LogP contribution is -2.45. The van der Waals surface area contributed by atoms with E-state index in [9.17, 15) is 4.39 Å². The topological polar surface area (TPSA) is 39.7 Å². The van der Waals surface area contributed by atoms with Gasteiger partial charge < -0.3 is 15.5 Å². The zero-order valence-corrected chi connectivity index (χ0v) is 15.8. The van der Waals surface area contributed by atoms with E-state index in [1.165, 1.54) is 25.0 Å². The van der Waals surface area contributed by atoms with Gasteiger partial charge in [-0.05, 0) is 50.6 Å². The van der Waals surface area contributed by atoms with Crippen LogP contribution in [-0.4, -0.2) is 44.6 Å². The first kappa shape index (κ1) is 19.2. The monoisotopic (exact) mass is 420 g/mol. The molecule has 1 aliphatic rings. The van der Waals surface area contributed by atoms with Crippen LogP contribution in [0.5, 0.6) is 0 Å². The number of benzene rings is 1. The fourth-order valence-corrected chi connectivity index (χ4v) is 2.46. The smallest absolute Gasteiger partial charge is 0.191 e. The highest BCUT2D eigenvalue weighted by Crippen LogP contribution is 2.34. The molecule has 0 saturated heterocycles. The average molecular weight is 420 g/mol.